The Bertz CT molecular complexity index is 1040. The van der Waals surface area contributed by atoms with Crippen LogP contribution in [0.3, 0.4) is 0 Å². The molecule has 2 aromatic rings. The summed E-state index contributed by atoms with van der Waals surface area (Å²) in [6.45, 7) is 4.07. The van der Waals surface area contributed by atoms with Crippen LogP contribution in [0.25, 0.3) is 0 Å². The molecule has 1 heterocycles. The second-order valence-electron chi connectivity index (χ2n) is 6.73. The Morgan fingerprint density at radius 1 is 1.16 bits per heavy atom. The molecule has 164 valence electrons. The standard InChI is InChI=1S/C22H22Cl2N2O4S/c1-4-29-21(27)19-12(2)25-22(31)26-20(19)13-6-8-17(18(9-13)28-3)30-11-14-5-7-15(23)10-16(14)24/h5-10,20H,4,11H2,1-3H3,(H2,25,26,31). The van der Waals surface area contributed by atoms with Gasteiger partial charge in [-0.3, -0.25) is 0 Å². The molecule has 1 aliphatic rings. The Hall–Kier alpha value is -2.48. The fourth-order valence-electron chi connectivity index (χ4n) is 3.20. The summed E-state index contributed by atoms with van der Waals surface area (Å²) in [5.41, 5.74) is 2.67. The van der Waals surface area contributed by atoms with Crippen molar-refractivity contribution in [3.63, 3.8) is 0 Å². The molecule has 0 amide bonds. The molecule has 3 rings (SSSR count). The number of thiocarbonyl (C=S) groups is 1. The largest absolute Gasteiger partial charge is 0.493 e. The summed E-state index contributed by atoms with van der Waals surface area (Å²) in [5, 5.41) is 7.61. The number of rotatable bonds is 7. The summed E-state index contributed by atoms with van der Waals surface area (Å²) in [6, 6.07) is 10.2. The van der Waals surface area contributed by atoms with E-state index in [2.05, 4.69) is 10.6 Å². The fraction of sp³-hybridized carbons (Fsp3) is 0.273. The first-order valence-electron chi connectivity index (χ1n) is 9.54. The van der Waals surface area contributed by atoms with Gasteiger partial charge in [-0.25, -0.2) is 4.79 Å². The van der Waals surface area contributed by atoms with Crippen molar-refractivity contribution < 1.29 is 19.0 Å². The number of benzene rings is 2. The van der Waals surface area contributed by atoms with Gasteiger partial charge in [0.1, 0.15) is 6.61 Å². The van der Waals surface area contributed by atoms with Crippen LogP contribution < -0.4 is 20.1 Å². The van der Waals surface area contributed by atoms with Crippen molar-refractivity contribution in [2.45, 2.75) is 26.5 Å². The third-order valence-corrected chi connectivity index (χ3v) is 5.49. The van der Waals surface area contributed by atoms with Crippen molar-refractivity contribution in [1.29, 1.82) is 0 Å². The number of allylic oxidation sites excluding steroid dienone is 1. The van der Waals surface area contributed by atoms with Crippen LogP contribution in [0.15, 0.2) is 47.7 Å². The predicted octanol–water partition coefficient (Wildman–Crippen LogP) is 4.94. The monoisotopic (exact) mass is 480 g/mol. The maximum atomic E-state index is 12.6. The van der Waals surface area contributed by atoms with Crippen LogP contribution in [0.5, 0.6) is 11.5 Å². The normalized spacial score (nSPS) is 15.8. The number of halogens is 2. The zero-order valence-electron chi connectivity index (χ0n) is 17.3. The molecule has 0 saturated heterocycles. The number of esters is 1. The Kier molecular flexibility index (Phi) is 7.64. The molecular weight excluding hydrogens is 459 g/mol. The highest BCUT2D eigenvalue weighted by Gasteiger charge is 2.31. The minimum Gasteiger partial charge on any atom is -0.493 e. The van der Waals surface area contributed by atoms with Crippen LogP contribution in [0.4, 0.5) is 0 Å². The molecule has 9 heteroatoms. The lowest BCUT2D eigenvalue weighted by Crippen LogP contribution is -2.45. The van der Waals surface area contributed by atoms with Gasteiger partial charge in [-0.15, -0.1) is 0 Å². The molecular formula is C22H22Cl2N2O4S. The van der Waals surface area contributed by atoms with Crippen molar-refractivity contribution >= 4 is 46.5 Å². The number of hydrogen-bond donors (Lipinski definition) is 2. The van der Waals surface area contributed by atoms with E-state index in [1.165, 1.54) is 0 Å². The Morgan fingerprint density at radius 3 is 2.61 bits per heavy atom. The van der Waals surface area contributed by atoms with Gasteiger partial charge in [0.05, 0.1) is 25.3 Å². The molecule has 2 aromatic carbocycles. The van der Waals surface area contributed by atoms with Gasteiger partial charge >= 0.3 is 5.97 Å². The molecule has 1 aliphatic heterocycles. The van der Waals surface area contributed by atoms with Gasteiger partial charge < -0.3 is 24.8 Å². The molecule has 2 N–H and O–H groups in total. The van der Waals surface area contributed by atoms with E-state index in [-0.39, 0.29) is 13.2 Å². The summed E-state index contributed by atoms with van der Waals surface area (Å²) in [7, 11) is 1.55. The van der Waals surface area contributed by atoms with Gasteiger partial charge in [0, 0.05) is 21.3 Å². The molecule has 0 fully saturated rings. The molecule has 0 spiro atoms. The number of nitrogens with one attached hydrogen (secondary N) is 2. The molecule has 0 saturated carbocycles. The quantitative estimate of drug-likeness (QED) is 0.429. The van der Waals surface area contributed by atoms with Gasteiger partial charge in [-0.2, -0.15) is 0 Å². The van der Waals surface area contributed by atoms with Crippen LogP contribution in [0.2, 0.25) is 10.0 Å². The van der Waals surface area contributed by atoms with E-state index in [0.29, 0.717) is 37.9 Å². The summed E-state index contributed by atoms with van der Waals surface area (Å²) in [4.78, 5) is 12.6. The second-order valence-corrected chi connectivity index (χ2v) is 7.98. The lowest BCUT2D eigenvalue weighted by atomic mass is 9.95. The minimum absolute atomic E-state index is 0.245. The van der Waals surface area contributed by atoms with Crippen LogP contribution in [-0.2, 0) is 16.1 Å². The summed E-state index contributed by atoms with van der Waals surface area (Å²) in [5.74, 6) is 0.631. The van der Waals surface area contributed by atoms with Crippen molar-refractivity contribution in [2.24, 2.45) is 0 Å². The Morgan fingerprint density at radius 2 is 1.94 bits per heavy atom. The average molecular weight is 481 g/mol. The van der Waals surface area contributed by atoms with E-state index >= 15 is 0 Å². The molecule has 0 radical (unpaired) electrons. The molecule has 0 aromatic heterocycles. The smallest absolute Gasteiger partial charge is 0.338 e. The lowest BCUT2D eigenvalue weighted by Gasteiger charge is -2.30. The Labute approximate surface area is 196 Å². The minimum atomic E-state index is -0.485. The predicted molar refractivity (Wildman–Crippen MR) is 125 cm³/mol. The Balaban J connectivity index is 1.88. The zero-order valence-corrected chi connectivity index (χ0v) is 19.6. The number of ether oxygens (including phenoxy) is 3. The zero-order chi connectivity index (χ0) is 22.5. The van der Waals surface area contributed by atoms with Crippen LogP contribution in [-0.4, -0.2) is 24.8 Å². The van der Waals surface area contributed by atoms with Gasteiger partial charge in [-0.1, -0.05) is 35.3 Å². The van der Waals surface area contributed by atoms with E-state index in [1.54, 1.807) is 45.2 Å². The number of carbonyl (C=O) groups is 1. The summed E-state index contributed by atoms with van der Waals surface area (Å²) in [6.07, 6.45) is 0. The maximum absolute atomic E-state index is 12.6. The molecule has 1 unspecified atom stereocenters. The van der Waals surface area contributed by atoms with Gasteiger partial charge in [0.15, 0.2) is 16.6 Å². The van der Waals surface area contributed by atoms with E-state index in [1.807, 2.05) is 12.1 Å². The fourth-order valence-corrected chi connectivity index (χ4v) is 3.93. The van der Waals surface area contributed by atoms with E-state index in [4.69, 9.17) is 49.6 Å². The van der Waals surface area contributed by atoms with Crippen molar-refractivity contribution in [1.82, 2.24) is 10.6 Å². The first-order chi connectivity index (χ1) is 14.8. The molecule has 0 aliphatic carbocycles. The molecule has 31 heavy (non-hydrogen) atoms. The van der Waals surface area contributed by atoms with Crippen LogP contribution >= 0.6 is 35.4 Å². The molecule has 0 bridgehead atoms. The first kappa shape index (κ1) is 23.2. The van der Waals surface area contributed by atoms with Gasteiger partial charge in [-0.05, 0) is 55.9 Å². The number of carbonyl (C=O) groups excluding carboxylic acids is 1. The topological polar surface area (TPSA) is 68.8 Å². The van der Waals surface area contributed by atoms with Crippen LogP contribution in [0, 0.1) is 0 Å². The SMILES string of the molecule is CCOC(=O)C1=C(C)NC(=S)NC1c1ccc(OCc2ccc(Cl)cc2Cl)c(OC)c1. The molecule has 1 atom stereocenters. The highest BCUT2D eigenvalue weighted by atomic mass is 35.5. The summed E-state index contributed by atoms with van der Waals surface area (Å²) < 4.78 is 16.7. The third kappa shape index (κ3) is 5.42. The first-order valence-corrected chi connectivity index (χ1v) is 10.7. The van der Waals surface area contributed by atoms with E-state index in [9.17, 15) is 4.79 Å². The van der Waals surface area contributed by atoms with Crippen LogP contribution in [0.1, 0.15) is 31.0 Å². The average Bonchev–Trinajstić information content (AvgIpc) is 2.72. The lowest BCUT2D eigenvalue weighted by molar-refractivity contribution is -0.139. The maximum Gasteiger partial charge on any atom is 0.338 e. The van der Waals surface area contributed by atoms with Crippen molar-refractivity contribution in [3.8, 4) is 11.5 Å². The van der Waals surface area contributed by atoms with Crippen molar-refractivity contribution in [3.05, 3.63) is 68.8 Å². The highest BCUT2D eigenvalue weighted by molar-refractivity contribution is 7.80. The van der Waals surface area contributed by atoms with Crippen molar-refractivity contribution in [2.75, 3.05) is 13.7 Å². The number of hydrogen-bond acceptors (Lipinski definition) is 5. The summed E-state index contributed by atoms with van der Waals surface area (Å²) >= 11 is 17.5. The van der Waals surface area contributed by atoms with Gasteiger partial charge in [0.2, 0.25) is 0 Å². The third-order valence-electron chi connectivity index (χ3n) is 4.68. The van der Waals surface area contributed by atoms with E-state index < -0.39 is 12.0 Å². The van der Waals surface area contributed by atoms with Gasteiger partial charge in [0.25, 0.3) is 0 Å². The molecule has 6 nitrogen and oxygen atoms in total. The van der Waals surface area contributed by atoms with E-state index in [0.717, 1.165) is 11.1 Å². The highest BCUT2D eigenvalue weighted by Crippen LogP contribution is 2.35. The number of methoxy groups -OCH3 is 1. The second kappa shape index (κ2) is 10.2.